The fraction of sp³-hybridized carbons (Fsp3) is 0.519. The second kappa shape index (κ2) is 14.4. The van der Waals surface area contributed by atoms with Crippen molar-refractivity contribution in [2.24, 2.45) is 0 Å². The zero-order valence-electron chi connectivity index (χ0n) is 20.3. The first-order chi connectivity index (χ1) is 15.1. The molecule has 176 valence electrons. The molecule has 5 nitrogen and oxygen atoms in total. The molecule has 0 amide bonds. The summed E-state index contributed by atoms with van der Waals surface area (Å²) in [4.78, 5) is 11.9. The highest BCUT2D eigenvalue weighted by molar-refractivity contribution is 6.48. The molecular formula is C27H41N3O2. The van der Waals surface area contributed by atoms with Gasteiger partial charge in [-0.25, -0.2) is 0 Å². The number of hydrogen-bond acceptors (Lipinski definition) is 5. The van der Waals surface area contributed by atoms with Crippen LogP contribution in [0.2, 0.25) is 0 Å². The van der Waals surface area contributed by atoms with E-state index in [1.807, 2.05) is 12.1 Å². The van der Waals surface area contributed by atoms with Crippen molar-refractivity contribution in [3.8, 4) is 0 Å². The smallest absolute Gasteiger partial charge is 0.306 e. The lowest BCUT2D eigenvalue weighted by molar-refractivity contribution is -0.143. The van der Waals surface area contributed by atoms with Gasteiger partial charge in [0, 0.05) is 12.1 Å². The van der Waals surface area contributed by atoms with Crippen LogP contribution in [0.1, 0.15) is 83.8 Å². The molecule has 0 bridgehead atoms. The molecule has 1 aromatic rings. The Kier molecular flexibility index (Phi) is 12.3. The van der Waals surface area contributed by atoms with Gasteiger partial charge in [0.25, 0.3) is 0 Å². The molecule has 1 aromatic carbocycles. The van der Waals surface area contributed by atoms with Crippen LogP contribution in [-0.4, -0.2) is 24.0 Å². The lowest BCUT2D eigenvalue weighted by atomic mass is 9.85. The fourth-order valence-corrected chi connectivity index (χ4v) is 3.17. The molecule has 0 unspecified atom stereocenters. The molecule has 0 spiro atoms. The van der Waals surface area contributed by atoms with Crippen molar-refractivity contribution in [1.29, 1.82) is 10.8 Å². The number of benzene rings is 1. The predicted octanol–water partition coefficient (Wildman–Crippen LogP) is 6.55. The van der Waals surface area contributed by atoms with Crippen LogP contribution in [-0.2, 0) is 21.4 Å². The van der Waals surface area contributed by atoms with Gasteiger partial charge in [0.15, 0.2) is 0 Å². The summed E-state index contributed by atoms with van der Waals surface area (Å²) in [5, 5.41) is 14.1. The number of hydrogen-bond donors (Lipinski definition) is 3. The van der Waals surface area contributed by atoms with E-state index >= 15 is 0 Å². The van der Waals surface area contributed by atoms with Crippen LogP contribution < -0.4 is 5.73 Å². The van der Waals surface area contributed by atoms with E-state index in [-0.39, 0.29) is 22.8 Å². The first-order valence-corrected chi connectivity index (χ1v) is 11.7. The first-order valence-electron chi connectivity index (χ1n) is 11.7. The van der Waals surface area contributed by atoms with Gasteiger partial charge in [0.2, 0.25) is 0 Å². The maximum absolute atomic E-state index is 11.9. The number of carbonyl (C=O) groups excluding carboxylic acids is 1. The Labute approximate surface area is 194 Å². The lowest BCUT2D eigenvalue weighted by Crippen LogP contribution is -2.13. The van der Waals surface area contributed by atoms with E-state index in [1.165, 1.54) is 31.2 Å². The normalized spacial score (nSPS) is 13.0. The average Bonchev–Trinajstić information content (AvgIpc) is 2.73. The van der Waals surface area contributed by atoms with Gasteiger partial charge in [-0.15, -0.1) is 0 Å². The maximum atomic E-state index is 11.9. The number of nitrogens with one attached hydrogen (secondary N) is 2. The number of anilines is 1. The molecule has 5 heteroatoms. The summed E-state index contributed by atoms with van der Waals surface area (Å²) in [5.41, 5.74) is 9.70. The molecule has 0 aliphatic heterocycles. The SMILES string of the molecule is CCCCCCCCOC(=O)CCc1cc(N)cc(C(C)(C)C)c1.N=C1C=CC=CC1=N. The van der Waals surface area contributed by atoms with Crippen molar-refractivity contribution in [2.75, 3.05) is 12.3 Å². The molecule has 0 saturated heterocycles. The minimum absolute atomic E-state index is 0.0580. The minimum Gasteiger partial charge on any atom is -0.466 e. The standard InChI is InChI=1S/C21H35NO2.C6H6N2/c1-5-6-7-8-9-10-13-24-20(23)12-11-17-14-18(21(2,3)4)16-19(22)15-17;7-5-3-1-2-4-6(5)8/h14-16H,5-13,22H2,1-4H3;1-4,7-8H. The topological polar surface area (TPSA) is 100 Å². The van der Waals surface area contributed by atoms with Crippen LogP contribution in [0.3, 0.4) is 0 Å². The van der Waals surface area contributed by atoms with Crippen LogP contribution in [0.4, 0.5) is 5.69 Å². The summed E-state index contributed by atoms with van der Waals surface area (Å²) in [7, 11) is 0. The molecule has 1 aliphatic rings. The molecule has 0 fully saturated rings. The molecule has 0 heterocycles. The Hall–Kier alpha value is -2.69. The number of ether oxygens (including phenoxy) is 1. The van der Waals surface area contributed by atoms with Crippen LogP contribution in [0.25, 0.3) is 0 Å². The second-order valence-electron chi connectivity index (χ2n) is 9.25. The Morgan fingerprint density at radius 2 is 1.53 bits per heavy atom. The van der Waals surface area contributed by atoms with Crippen molar-refractivity contribution in [3.05, 3.63) is 53.6 Å². The summed E-state index contributed by atoms with van der Waals surface area (Å²) in [6.45, 7) is 9.27. The van der Waals surface area contributed by atoms with E-state index in [4.69, 9.17) is 21.3 Å². The van der Waals surface area contributed by atoms with E-state index in [0.717, 1.165) is 24.1 Å². The summed E-state index contributed by atoms with van der Waals surface area (Å²) < 4.78 is 5.33. The van der Waals surface area contributed by atoms with Crippen molar-refractivity contribution in [1.82, 2.24) is 0 Å². The van der Waals surface area contributed by atoms with Gasteiger partial charge in [-0.05, 0) is 53.7 Å². The molecule has 0 aromatic heterocycles. The number of allylic oxidation sites excluding steroid dienone is 4. The van der Waals surface area contributed by atoms with Gasteiger partial charge in [-0.3, -0.25) is 15.6 Å². The molecular weight excluding hydrogens is 398 g/mol. The van der Waals surface area contributed by atoms with E-state index < -0.39 is 0 Å². The van der Waals surface area contributed by atoms with E-state index in [2.05, 4.69) is 33.8 Å². The lowest BCUT2D eigenvalue weighted by Gasteiger charge is -2.20. The van der Waals surface area contributed by atoms with E-state index in [1.54, 1.807) is 24.3 Å². The third kappa shape index (κ3) is 11.6. The zero-order valence-corrected chi connectivity index (χ0v) is 20.3. The number of esters is 1. The molecule has 1 aliphatic carbocycles. The third-order valence-electron chi connectivity index (χ3n) is 5.19. The Balaban J connectivity index is 0.000000533. The quantitative estimate of drug-likeness (QED) is 0.167. The Morgan fingerprint density at radius 3 is 2.09 bits per heavy atom. The van der Waals surface area contributed by atoms with Crippen LogP contribution in [0.5, 0.6) is 0 Å². The first kappa shape index (κ1) is 27.3. The Bertz CT molecular complexity index is 795. The van der Waals surface area contributed by atoms with Crippen LogP contribution in [0.15, 0.2) is 42.5 Å². The van der Waals surface area contributed by atoms with Crippen molar-refractivity contribution < 1.29 is 9.53 Å². The molecule has 0 radical (unpaired) electrons. The van der Waals surface area contributed by atoms with Crippen molar-refractivity contribution in [2.45, 2.75) is 84.5 Å². The monoisotopic (exact) mass is 439 g/mol. The van der Waals surface area contributed by atoms with Crippen molar-refractivity contribution >= 4 is 23.1 Å². The number of unbranched alkanes of at least 4 members (excludes halogenated alkanes) is 5. The molecule has 4 N–H and O–H groups in total. The molecule has 32 heavy (non-hydrogen) atoms. The summed E-state index contributed by atoms with van der Waals surface area (Å²) in [6, 6.07) is 6.12. The van der Waals surface area contributed by atoms with Gasteiger partial charge in [-0.2, -0.15) is 0 Å². The second-order valence-corrected chi connectivity index (χ2v) is 9.25. The number of carbonyl (C=O) groups is 1. The van der Waals surface area contributed by atoms with Gasteiger partial charge >= 0.3 is 5.97 Å². The predicted molar refractivity (Wildman–Crippen MR) is 136 cm³/mol. The minimum atomic E-state index is -0.108. The van der Waals surface area contributed by atoms with Crippen LogP contribution >= 0.6 is 0 Å². The number of aryl methyl sites for hydroxylation is 1. The van der Waals surface area contributed by atoms with Gasteiger partial charge in [0.05, 0.1) is 18.0 Å². The zero-order chi connectivity index (χ0) is 24.0. The highest BCUT2D eigenvalue weighted by atomic mass is 16.5. The van der Waals surface area contributed by atoms with Crippen molar-refractivity contribution in [3.63, 3.8) is 0 Å². The van der Waals surface area contributed by atoms with Crippen LogP contribution in [0, 0.1) is 10.8 Å². The fourth-order valence-electron chi connectivity index (χ4n) is 3.17. The summed E-state index contributed by atoms with van der Waals surface area (Å²) >= 11 is 0. The average molecular weight is 440 g/mol. The highest BCUT2D eigenvalue weighted by Gasteiger charge is 2.15. The largest absolute Gasteiger partial charge is 0.466 e. The summed E-state index contributed by atoms with van der Waals surface area (Å²) in [6.07, 6.45) is 15.0. The number of nitrogen functional groups attached to an aromatic ring is 1. The van der Waals surface area contributed by atoms with E-state index in [0.29, 0.717) is 19.4 Å². The number of rotatable bonds is 10. The third-order valence-corrected chi connectivity index (χ3v) is 5.19. The van der Waals surface area contributed by atoms with Gasteiger partial charge in [-0.1, -0.05) is 78.0 Å². The Morgan fingerprint density at radius 1 is 0.938 bits per heavy atom. The summed E-state index contributed by atoms with van der Waals surface area (Å²) in [5.74, 6) is -0.108. The van der Waals surface area contributed by atoms with Gasteiger partial charge < -0.3 is 10.5 Å². The number of nitrogens with two attached hydrogens (primary N) is 1. The highest BCUT2D eigenvalue weighted by Crippen LogP contribution is 2.26. The van der Waals surface area contributed by atoms with E-state index in [9.17, 15) is 4.79 Å². The van der Waals surface area contributed by atoms with Gasteiger partial charge in [0.1, 0.15) is 0 Å². The molecule has 0 saturated carbocycles. The maximum Gasteiger partial charge on any atom is 0.306 e. The molecule has 2 rings (SSSR count). The molecule has 0 atom stereocenters.